The Balaban J connectivity index is 1.96. The lowest BCUT2D eigenvalue weighted by Gasteiger charge is -2.06. The molecule has 0 radical (unpaired) electrons. The molecule has 0 bridgehead atoms. The number of ketones is 1. The molecule has 4 heteroatoms. The lowest BCUT2D eigenvalue weighted by Crippen LogP contribution is -2.01. The van der Waals surface area contributed by atoms with Crippen molar-refractivity contribution in [1.82, 2.24) is 4.98 Å². The molecule has 0 aliphatic heterocycles. The average Bonchev–Trinajstić information content (AvgIpc) is 2.46. The van der Waals surface area contributed by atoms with Gasteiger partial charge in [0.1, 0.15) is 18.1 Å². The number of carbonyl (C=O) groups excluding carboxylic acids is 1. The van der Waals surface area contributed by atoms with Crippen molar-refractivity contribution in [3.05, 3.63) is 58.3 Å². The molecule has 0 aliphatic carbocycles. The van der Waals surface area contributed by atoms with Crippen LogP contribution < -0.4 is 4.74 Å². The molecule has 3 nitrogen and oxygen atoms in total. The van der Waals surface area contributed by atoms with Crippen LogP contribution in [0.25, 0.3) is 0 Å². The molecule has 1 heterocycles. The van der Waals surface area contributed by atoms with Crippen LogP contribution in [0.3, 0.4) is 0 Å². The molecule has 0 atom stereocenters. The van der Waals surface area contributed by atoms with Crippen LogP contribution in [0.15, 0.2) is 47.1 Å². The molecule has 1 aromatic carbocycles. The molecule has 0 saturated carbocycles. The normalized spacial score (nSPS) is 10.2. The van der Waals surface area contributed by atoms with E-state index in [2.05, 4.69) is 20.9 Å². The van der Waals surface area contributed by atoms with Gasteiger partial charge in [0.05, 0.1) is 6.20 Å². The van der Waals surface area contributed by atoms with Crippen LogP contribution in [0.5, 0.6) is 5.75 Å². The summed E-state index contributed by atoms with van der Waals surface area (Å²) in [7, 11) is 0. The summed E-state index contributed by atoms with van der Waals surface area (Å²) in [6, 6.07) is 11.4. The molecular weight excluding hydrogens is 306 g/mol. The Bertz CT molecular complexity index is 549. The van der Waals surface area contributed by atoms with Gasteiger partial charge in [-0.3, -0.25) is 4.79 Å². The maximum Gasteiger partial charge on any atom is 0.180 e. The Morgan fingerprint density at radius 1 is 1.21 bits per heavy atom. The molecule has 2 rings (SSSR count). The highest BCUT2D eigenvalue weighted by Gasteiger charge is 2.04. The van der Waals surface area contributed by atoms with E-state index in [4.69, 9.17) is 4.74 Å². The first kappa shape index (κ1) is 13.7. The number of nitrogens with zero attached hydrogens (tertiary/aromatic N) is 1. The van der Waals surface area contributed by atoms with E-state index in [-0.39, 0.29) is 5.78 Å². The largest absolute Gasteiger partial charge is 0.487 e. The fourth-order valence-electron chi connectivity index (χ4n) is 1.56. The lowest BCUT2D eigenvalue weighted by molar-refractivity contribution is 0.0983. The van der Waals surface area contributed by atoms with Crippen molar-refractivity contribution in [2.24, 2.45) is 0 Å². The topological polar surface area (TPSA) is 39.2 Å². The highest BCUT2D eigenvalue weighted by Crippen LogP contribution is 2.15. The smallest absolute Gasteiger partial charge is 0.180 e. The minimum atomic E-state index is 0.0412. The SMILES string of the molecule is CCC(=O)c1ccc(OCc2ccc(Br)cc2)cn1. The summed E-state index contributed by atoms with van der Waals surface area (Å²) in [6.07, 6.45) is 2.05. The van der Waals surface area contributed by atoms with Crippen molar-refractivity contribution in [2.45, 2.75) is 20.0 Å². The predicted molar refractivity (Wildman–Crippen MR) is 77.3 cm³/mol. The number of rotatable bonds is 5. The second-order valence-electron chi connectivity index (χ2n) is 4.07. The summed E-state index contributed by atoms with van der Waals surface area (Å²) in [5, 5.41) is 0. The van der Waals surface area contributed by atoms with Gasteiger partial charge in [0.15, 0.2) is 5.78 Å². The van der Waals surface area contributed by atoms with Gasteiger partial charge in [-0.1, -0.05) is 35.0 Å². The van der Waals surface area contributed by atoms with Gasteiger partial charge in [-0.25, -0.2) is 4.98 Å². The van der Waals surface area contributed by atoms with E-state index in [0.717, 1.165) is 10.0 Å². The second-order valence-corrected chi connectivity index (χ2v) is 4.99. The van der Waals surface area contributed by atoms with Gasteiger partial charge < -0.3 is 4.74 Å². The minimum absolute atomic E-state index is 0.0412. The fourth-order valence-corrected chi connectivity index (χ4v) is 1.82. The number of aromatic nitrogens is 1. The van der Waals surface area contributed by atoms with E-state index in [9.17, 15) is 4.79 Å². The van der Waals surface area contributed by atoms with E-state index >= 15 is 0 Å². The van der Waals surface area contributed by atoms with Gasteiger partial charge in [-0.05, 0) is 29.8 Å². The summed E-state index contributed by atoms with van der Waals surface area (Å²) < 4.78 is 6.65. The molecule has 0 aliphatic rings. The Labute approximate surface area is 120 Å². The summed E-state index contributed by atoms with van der Waals surface area (Å²) in [5.74, 6) is 0.704. The molecule has 0 N–H and O–H groups in total. The Hall–Kier alpha value is -1.68. The number of benzene rings is 1. The van der Waals surface area contributed by atoms with Gasteiger partial charge >= 0.3 is 0 Å². The van der Waals surface area contributed by atoms with Crippen LogP contribution in [0.2, 0.25) is 0 Å². The third-order valence-electron chi connectivity index (χ3n) is 2.66. The van der Waals surface area contributed by atoms with Crippen LogP contribution in [0, 0.1) is 0 Å². The standard InChI is InChI=1S/C15H14BrNO2/c1-2-15(18)14-8-7-13(9-17-14)19-10-11-3-5-12(16)6-4-11/h3-9H,2,10H2,1H3. The second kappa shape index (κ2) is 6.48. The maximum absolute atomic E-state index is 11.4. The zero-order valence-electron chi connectivity index (χ0n) is 10.6. The van der Waals surface area contributed by atoms with Crippen LogP contribution in [-0.2, 0) is 6.61 Å². The summed E-state index contributed by atoms with van der Waals surface area (Å²) in [5.41, 5.74) is 1.57. The van der Waals surface area contributed by atoms with Crippen molar-refractivity contribution in [1.29, 1.82) is 0 Å². The number of pyridine rings is 1. The van der Waals surface area contributed by atoms with E-state index in [1.54, 1.807) is 18.3 Å². The van der Waals surface area contributed by atoms with Gasteiger partial charge in [0.25, 0.3) is 0 Å². The minimum Gasteiger partial charge on any atom is -0.487 e. The van der Waals surface area contributed by atoms with E-state index in [1.807, 2.05) is 31.2 Å². The van der Waals surface area contributed by atoms with Gasteiger partial charge in [-0.15, -0.1) is 0 Å². The van der Waals surface area contributed by atoms with Crippen molar-refractivity contribution in [2.75, 3.05) is 0 Å². The van der Waals surface area contributed by atoms with Crippen molar-refractivity contribution in [3.8, 4) is 5.75 Å². The molecule has 0 unspecified atom stereocenters. The van der Waals surface area contributed by atoms with Gasteiger partial charge in [0, 0.05) is 10.9 Å². The molecule has 98 valence electrons. The van der Waals surface area contributed by atoms with Crippen molar-refractivity contribution in [3.63, 3.8) is 0 Å². The van der Waals surface area contributed by atoms with Crippen molar-refractivity contribution >= 4 is 21.7 Å². The highest BCUT2D eigenvalue weighted by atomic mass is 79.9. The molecule has 1 aromatic heterocycles. The summed E-state index contributed by atoms with van der Waals surface area (Å²) in [4.78, 5) is 15.5. The monoisotopic (exact) mass is 319 g/mol. The van der Waals surface area contributed by atoms with Gasteiger partial charge in [0.2, 0.25) is 0 Å². The predicted octanol–water partition coefficient (Wildman–Crippen LogP) is 4.02. The van der Waals surface area contributed by atoms with E-state index in [0.29, 0.717) is 24.5 Å². The Morgan fingerprint density at radius 3 is 2.53 bits per heavy atom. The number of halogens is 1. The molecule has 0 amide bonds. The molecule has 0 fully saturated rings. The zero-order chi connectivity index (χ0) is 13.7. The van der Waals surface area contributed by atoms with Gasteiger partial charge in [-0.2, -0.15) is 0 Å². The lowest BCUT2D eigenvalue weighted by atomic mass is 10.2. The third-order valence-corrected chi connectivity index (χ3v) is 3.19. The number of hydrogen-bond acceptors (Lipinski definition) is 3. The van der Waals surface area contributed by atoms with Crippen LogP contribution in [0.4, 0.5) is 0 Å². The highest BCUT2D eigenvalue weighted by molar-refractivity contribution is 9.10. The molecule has 0 spiro atoms. The van der Waals surface area contributed by atoms with Crippen LogP contribution >= 0.6 is 15.9 Å². The van der Waals surface area contributed by atoms with E-state index in [1.165, 1.54) is 0 Å². The molecule has 19 heavy (non-hydrogen) atoms. The van der Waals surface area contributed by atoms with Crippen LogP contribution in [0.1, 0.15) is 29.4 Å². The molecule has 2 aromatic rings. The van der Waals surface area contributed by atoms with Crippen molar-refractivity contribution < 1.29 is 9.53 Å². The third kappa shape index (κ3) is 3.89. The maximum atomic E-state index is 11.4. The average molecular weight is 320 g/mol. The first-order valence-electron chi connectivity index (χ1n) is 6.05. The quantitative estimate of drug-likeness (QED) is 0.781. The summed E-state index contributed by atoms with van der Waals surface area (Å²) >= 11 is 3.39. The van der Waals surface area contributed by atoms with Crippen LogP contribution in [-0.4, -0.2) is 10.8 Å². The molecule has 0 saturated heterocycles. The Morgan fingerprint density at radius 2 is 1.95 bits per heavy atom. The zero-order valence-corrected chi connectivity index (χ0v) is 12.2. The first-order valence-corrected chi connectivity index (χ1v) is 6.85. The molecular formula is C15H14BrNO2. The number of ether oxygens (including phenoxy) is 1. The number of carbonyl (C=O) groups is 1. The first-order chi connectivity index (χ1) is 9.19. The summed E-state index contributed by atoms with van der Waals surface area (Å²) in [6.45, 7) is 2.30. The number of Topliss-reactive ketones (excluding diaryl/α,β-unsaturated/α-hetero) is 1. The Kier molecular flexibility index (Phi) is 4.68. The van der Waals surface area contributed by atoms with E-state index < -0.39 is 0 Å². The number of hydrogen-bond donors (Lipinski definition) is 0. The fraction of sp³-hybridized carbons (Fsp3) is 0.200.